The van der Waals surface area contributed by atoms with Gasteiger partial charge in [0.25, 0.3) is 0 Å². The minimum atomic E-state index is 0.123. The van der Waals surface area contributed by atoms with E-state index in [1.807, 2.05) is 17.4 Å². The van der Waals surface area contributed by atoms with Crippen LogP contribution in [0.1, 0.15) is 61.9 Å². The number of hydrogen-bond acceptors (Lipinski definition) is 2. The Hall–Kier alpha value is -0.600. The smallest absolute Gasteiger partial charge is 0.0615 e. The van der Waals surface area contributed by atoms with Crippen molar-refractivity contribution in [2.24, 2.45) is 5.41 Å². The molecule has 0 amide bonds. The van der Waals surface area contributed by atoms with Crippen molar-refractivity contribution in [2.75, 3.05) is 6.61 Å². The molecule has 0 saturated heterocycles. The molecule has 1 aliphatic rings. The van der Waals surface area contributed by atoms with Gasteiger partial charge in [0.05, 0.1) is 6.61 Å². The average molecular weight is 278 g/mol. The van der Waals surface area contributed by atoms with E-state index in [4.69, 9.17) is 5.11 Å². The highest BCUT2D eigenvalue weighted by Crippen LogP contribution is 2.45. The Bertz CT molecular complexity index is 486. The molecule has 2 heteroatoms. The van der Waals surface area contributed by atoms with Crippen molar-refractivity contribution in [3.05, 3.63) is 27.0 Å². The van der Waals surface area contributed by atoms with Gasteiger partial charge in [-0.2, -0.15) is 0 Å². The maximum absolute atomic E-state index is 9.03. The van der Waals surface area contributed by atoms with Crippen molar-refractivity contribution in [3.63, 3.8) is 0 Å². The SMILES string of the molecule is CC1(C)CCc2sc(/C=C/CO)c(C(C)(C)C)c2C1. The third-order valence-electron chi connectivity index (χ3n) is 3.93. The summed E-state index contributed by atoms with van der Waals surface area (Å²) in [6.45, 7) is 11.8. The van der Waals surface area contributed by atoms with Gasteiger partial charge < -0.3 is 5.11 Å². The van der Waals surface area contributed by atoms with Crippen molar-refractivity contribution in [1.82, 2.24) is 0 Å². The van der Waals surface area contributed by atoms with Gasteiger partial charge in [0.1, 0.15) is 0 Å². The monoisotopic (exact) mass is 278 g/mol. The van der Waals surface area contributed by atoms with Crippen molar-refractivity contribution < 1.29 is 5.11 Å². The number of hydrogen-bond donors (Lipinski definition) is 1. The van der Waals surface area contributed by atoms with E-state index >= 15 is 0 Å². The predicted molar refractivity (Wildman–Crippen MR) is 84.9 cm³/mol. The van der Waals surface area contributed by atoms with E-state index in [0.29, 0.717) is 5.41 Å². The molecule has 0 aliphatic heterocycles. The van der Waals surface area contributed by atoms with Gasteiger partial charge in [0.15, 0.2) is 0 Å². The van der Waals surface area contributed by atoms with E-state index in [1.165, 1.54) is 29.7 Å². The van der Waals surface area contributed by atoms with E-state index < -0.39 is 0 Å². The number of aliphatic hydroxyl groups excluding tert-OH is 1. The van der Waals surface area contributed by atoms with E-state index in [0.717, 1.165) is 0 Å². The number of fused-ring (bicyclic) bond motifs is 1. The molecule has 106 valence electrons. The summed E-state index contributed by atoms with van der Waals surface area (Å²) in [5, 5.41) is 9.03. The van der Waals surface area contributed by atoms with Crippen LogP contribution in [-0.2, 0) is 18.3 Å². The Labute approximate surface area is 121 Å². The van der Waals surface area contributed by atoms with Crippen molar-refractivity contribution >= 4 is 17.4 Å². The summed E-state index contributed by atoms with van der Waals surface area (Å²) in [4.78, 5) is 2.92. The lowest BCUT2D eigenvalue weighted by molar-refractivity contribution is 0.315. The van der Waals surface area contributed by atoms with Crippen LogP contribution < -0.4 is 0 Å². The van der Waals surface area contributed by atoms with E-state index in [1.54, 1.807) is 10.4 Å². The highest BCUT2D eigenvalue weighted by molar-refractivity contribution is 7.13. The zero-order valence-electron chi connectivity index (χ0n) is 12.8. The largest absolute Gasteiger partial charge is 0.392 e. The number of aryl methyl sites for hydroxylation is 1. The lowest BCUT2D eigenvalue weighted by Gasteiger charge is -2.32. The first-order valence-corrected chi connectivity index (χ1v) is 7.99. The van der Waals surface area contributed by atoms with Crippen LogP contribution in [0.25, 0.3) is 6.08 Å². The fourth-order valence-electron chi connectivity index (χ4n) is 3.04. The number of aliphatic hydroxyl groups is 1. The van der Waals surface area contributed by atoms with E-state index in [9.17, 15) is 0 Å². The highest BCUT2D eigenvalue weighted by atomic mass is 32.1. The number of thiophene rings is 1. The van der Waals surface area contributed by atoms with E-state index in [-0.39, 0.29) is 12.0 Å². The third kappa shape index (κ3) is 3.11. The standard InChI is InChI=1S/C17H26OS/c1-16(2,3)15-12-11-17(4,5)9-8-13(12)19-14(15)7-6-10-18/h6-7,18H,8-11H2,1-5H3/b7-6+. The summed E-state index contributed by atoms with van der Waals surface area (Å²) in [6, 6.07) is 0. The normalized spacial score (nSPS) is 18.8. The lowest BCUT2D eigenvalue weighted by atomic mass is 9.72. The Morgan fingerprint density at radius 1 is 1.32 bits per heavy atom. The molecule has 0 saturated carbocycles. The van der Waals surface area contributed by atoms with Crippen molar-refractivity contribution in [1.29, 1.82) is 0 Å². The van der Waals surface area contributed by atoms with E-state index in [2.05, 4.69) is 40.7 Å². The third-order valence-corrected chi connectivity index (χ3v) is 5.18. The Morgan fingerprint density at radius 3 is 2.58 bits per heavy atom. The van der Waals surface area contributed by atoms with Crippen LogP contribution in [0.2, 0.25) is 0 Å². The molecule has 0 bridgehead atoms. The molecule has 1 aromatic heterocycles. The summed E-state index contributed by atoms with van der Waals surface area (Å²) in [5.74, 6) is 0. The lowest BCUT2D eigenvalue weighted by Crippen LogP contribution is -2.24. The summed E-state index contributed by atoms with van der Waals surface area (Å²) in [5.41, 5.74) is 3.69. The van der Waals surface area contributed by atoms with Gasteiger partial charge in [0.2, 0.25) is 0 Å². The molecule has 0 aromatic carbocycles. The molecule has 1 heterocycles. The van der Waals surface area contributed by atoms with Gasteiger partial charge in [0, 0.05) is 9.75 Å². The quantitative estimate of drug-likeness (QED) is 0.840. The van der Waals surface area contributed by atoms with Gasteiger partial charge in [-0.25, -0.2) is 0 Å². The van der Waals surface area contributed by atoms with Crippen LogP contribution in [0.15, 0.2) is 6.08 Å². The minimum Gasteiger partial charge on any atom is -0.392 e. The van der Waals surface area contributed by atoms with Gasteiger partial charge in [-0.15, -0.1) is 11.3 Å². The van der Waals surface area contributed by atoms with Crippen LogP contribution in [0.3, 0.4) is 0 Å². The minimum absolute atomic E-state index is 0.123. The molecule has 1 aliphatic carbocycles. The molecule has 0 fully saturated rings. The molecular weight excluding hydrogens is 252 g/mol. The van der Waals surface area contributed by atoms with Crippen LogP contribution >= 0.6 is 11.3 Å². The number of rotatable bonds is 2. The first-order chi connectivity index (χ1) is 8.74. The maximum atomic E-state index is 9.03. The molecule has 2 rings (SSSR count). The fraction of sp³-hybridized carbons (Fsp3) is 0.647. The summed E-state index contributed by atoms with van der Waals surface area (Å²) < 4.78 is 0. The van der Waals surface area contributed by atoms with Crippen molar-refractivity contribution in [2.45, 2.75) is 59.3 Å². The first kappa shape index (κ1) is 14.8. The van der Waals surface area contributed by atoms with Gasteiger partial charge in [-0.1, -0.05) is 40.7 Å². The predicted octanol–water partition coefficient (Wildman–Crippen LogP) is 4.57. The van der Waals surface area contributed by atoms with Crippen LogP contribution in [-0.4, -0.2) is 11.7 Å². The van der Waals surface area contributed by atoms with Crippen molar-refractivity contribution in [3.8, 4) is 0 Å². The topological polar surface area (TPSA) is 20.2 Å². The molecule has 1 nitrogen and oxygen atoms in total. The second kappa shape index (κ2) is 5.06. The molecule has 0 unspecified atom stereocenters. The second-order valence-corrected chi connectivity index (χ2v) is 8.56. The molecule has 19 heavy (non-hydrogen) atoms. The fourth-order valence-corrected chi connectivity index (χ4v) is 4.50. The average Bonchev–Trinajstić information content (AvgIpc) is 2.61. The Kier molecular flexibility index (Phi) is 3.95. The molecule has 1 N–H and O–H groups in total. The van der Waals surface area contributed by atoms with Gasteiger partial charge >= 0.3 is 0 Å². The van der Waals surface area contributed by atoms with Gasteiger partial charge in [-0.05, 0) is 47.3 Å². The zero-order chi connectivity index (χ0) is 14.3. The van der Waals surface area contributed by atoms with Crippen LogP contribution in [0, 0.1) is 5.41 Å². The van der Waals surface area contributed by atoms with Crippen LogP contribution in [0.5, 0.6) is 0 Å². The molecule has 1 aromatic rings. The highest BCUT2D eigenvalue weighted by Gasteiger charge is 2.33. The summed E-state index contributed by atoms with van der Waals surface area (Å²) in [7, 11) is 0. The second-order valence-electron chi connectivity index (χ2n) is 7.42. The molecule has 0 spiro atoms. The molecule has 0 radical (unpaired) electrons. The van der Waals surface area contributed by atoms with Gasteiger partial charge in [-0.3, -0.25) is 0 Å². The Balaban J connectivity index is 2.54. The first-order valence-electron chi connectivity index (χ1n) is 7.17. The zero-order valence-corrected chi connectivity index (χ0v) is 13.7. The summed E-state index contributed by atoms with van der Waals surface area (Å²) in [6.07, 6.45) is 7.66. The molecule has 0 atom stereocenters. The maximum Gasteiger partial charge on any atom is 0.0615 e. The Morgan fingerprint density at radius 2 is 2.00 bits per heavy atom. The summed E-state index contributed by atoms with van der Waals surface area (Å²) >= 11 is 1.93. The molecular formula is C17H26OS. The van der Waals surface area contributed by atoms with Crippen LogP contribution in [0.4, 0.5) is 0 Å².